The number of hydrogen-bond donors (Lipinski definition) is 1. The van der Waals surface area contributed by atoms with Crippen LogP contribution in [-0.2, 0) is 11.3 Å². The van der Waals surface area contributed by atoms with Crippen LogP contribution < -0.4 is 0 Å². The van der Waals surface area contributed by atoms with Crippen LogP contribution in [0.2, 0.25) is 0 Å². The van der Waals surface area contributed by atoms with E-state index in [0.717, 1.165) is 17.0 Å². The zero-order valence-electron chi connectivity index (χ0n) is 11.7. The molecular weight excluding hydrogens is 274 g/mol. The van der Waals surface area contributed by atoms with Crippen molar-refractivity contribution in [1.29, 1.82) is 0 Å². The van der Waals surface area contributed by atoms with Gasteiger partial charge in [0.25, 0.3) is 5.22 Å². The third kappa shape index (κ3) is 4.67. The van der Waals surface area contributed by atoms with E-state index in [4.69, 9.17) is 9.15 Å². The zero-order valence-corrected chi connectivity index (χ0v) is 12.5. The number of nitrogens with zero attached hydrogens (tertiary/aromatic N) is 1. The molecule has 0 bridgehead atoms. The van der Waals surface area contributed by atoms with Crippen molar-refractivity contribution < 1.29 is 14.3 Å². The predicted molar refractivity (Wildman–Crippen MR) is 78.8 cm³/mol. The van der Waals surface area contributed by atoms with E-state index in [2.05, 4.69) is 4.98 Å². The van der Waals surface area contributed by atoms with Gasteiger partial charge in [-0.05, 0) is 19.4 Å². The molecule has 0 spiro atoms. The van der Waals surface area contributed by atoms with Crippen molar-refractivity contribution in [2.24, 2.45) is 0 Å². The van der Waals surface area contributed by atoms with Crippen molar-refractivity contribution in [3.05, 3.63) is 47.3 Å². The Morgan fingerprint density at radius 3 is 2.70 bits per heavy atom. The molecule has 1 N–H and O–H groups in total. The molecule has 0 radical (unpaired) electrons. The van der Waals surface area contributed by atoms with Crippen LogP contribution in [0.25, 0.3) is 0 Å². The normalized spacial score (nSPS) is 12.6. The minimum absolute atomic E-state index is 0.306. The molecule has 1 heterocycles. The molecule has 0 saturated carbocycles. The van der Waals surface area contributed by atoms with Gasteiger partial charge in [0, 0.05) is 5.75 Å². The Balaban J connectivity index is 1.66. The fourth-order valence-corrected chi connectivity index (χ4v) is 2.42. The van der Waals surface area contributed by atoms with Gasteiger partial charge in [-0.25, -0.2) is 4.98 Å². The van der Waals surface area contributed by atoms with Gasteiger partial charge in [0.05, 0.1) is 25.0 Å². The van der Waals surface area contributed by atoms with E-state index in [1.807, 2.05) is 44.2 Å². The van der Waals surface area contributed by atoms with E-state index >= 15 is 0 Å². The van der Waals surface area contributed by atoms with Gasteiger partial charge in [-0.15, -0.1) is 0 Å². The standard InChI is InChI=1S/C15H19NO3S/c1-11-12(2)19-15(16-11)20-10-14(17)9-18-8-13-6-4-3-5-7-13/h3-7,14,17H,8-10H2,1-2H3. The summed E-state index contributed by atoms with van der Waals surface area (Å²) in [7, 11) is 0. The van der Waals surface area contributed by atoms with Crippen LogP contribution in [-0.4, -0.2) is 28.6 Å². The first-order valence-electron chi connectivity index (χ1n) is 6.51. The number of benzene rings is 1. The molecule has 1 atom stereocenters. The predicted octanol–water partition coefficient (Wildman–Crippen LogP) is 2.96. The molecule has 5 heteroatoms. The highest BCUT2D eigenvalue weighted by Crippen LogP contribution is 2.20. The van der Waals surface area contributed by atoms with Crippen LogP contribution in [0.4, 0.5) is 0 Å². The van der Waals surface area contributed by atoms with Gasteiger partial charge in [-0.3, -0.25) is 0 Å². The van der Waals surface area contributed by atoms with Gasteiger partial charge in [-0.1, -0.05) is 42.1 Å². The van der Waals surface area contributed by atoms with Crippen LogP contribution in [0.1, 0.15) is 17.0 Å². The summed E-state index contributed by atoms with van der Waals surface area (Å²) < 4.78 is 10.9. The minimum Gasteiger partial charge on any atom is -0.437 e. The summed E-state index contributed by atoms with van der Waals surface area (Å²) in [5, 5.41) is 10.4. The number of aliphatic hydroxyl groups is 1. The molecule has 0 amide bonds. The smallest absolute Gasteiger partial charge is 0.256 e. The quantitative estimate of drug-likeness (QED) is 0.795. The van der Waals surface area contributed by atoms with Crippen LogP contribution in [0.15, 0.2) is 40.0 Å². The van der Waals surface area contributed by atoms with Crippen molar-refractivity contribution in [2.75, 3.05) is 12.4 Å². The number of oxazole rings is 1. The van der Waals surface area contributed by atoms with Gasteiger partial charge in [0.2, 0.25) is 0 Å². The Labute approximate surface area is 123 Å². The molecule has 4 nitrogen and oxygen atoms in total. The maximum Gasteiger partial charge on any atom is 0.256 e. The molecule has 1 aromatic carbocycles. The molecule has 0 fully saturated rings. The van der Waals surface area contributed by atoms with Gasteiger partial charge in [0.15, 0.2) is 0 Å². The lowest BCUT2D eigenvalue weighted by Crippen LogP contribution is -2.17. The van der Waals surface area contributed by atoms with E-state index in [9.17, 15) is 5.11 Å². The Hall–Kier alpha value is -1.30. The highest BCUT2D eigenvalue weighted by molar-refractivity contribution is 7.99. The number of aromatic nitrogens is 1. The van der Waals surface area contributed by atoms with Crippen molar-refractivity contribution in [3.8, 4) is 0 Å². The number of ether oxygens (including phenoxy) is 1. The molecule has 2 rings (SSSR count). The summed E-state index contributed by atoms with van der Waals surface area (Å²) in [5.74, 6) is 1.33. The summed E-state index contributed by atoms with van der Waals surface area (Å²) in [6, 6.07) is 9.91. The van der Waals surface area contributed by atoms with E-state index < -0.39 is 6.10 Å². The zero-order chi connectivity index (χ0) is 14.4. The van der Waals surface area contributed by atoms with Crippen molar-refractivity contribution >= 4 is 11.8 Å². The molecular formula is C15H19NO3S. The summed E-state index contributed by atoms with van der Waals surface area (Å²) in [6.45, 7) is 4.61. The number of thioether (sulfide) groups is 1. The van der Waals surface area contributed by atoms with Crippen LogP contribution >= 0.6 is 11.8 Å². The van der Waals surface area contributed by atoms with Crippen LogP contribution in [0, 0.1) is 13.8 Å². The van der Waals surface area contributed by atoms with Gasteiger partial charge >= 0.3 is 0 Å². The number of aryl methyl sites for hydroxylation is 2. The number of hydrogen-bond acceptors (Lipinski definition) is 5. The third-order valence-electron chi connectivity index (χ3n) is 2.83. The highest BCUT2D eigenvalue weighted by atomic mass is 32.2. The molecule has 20 heavy (non-hydrogen) atoms. The lowest BCUT2D eigenvalue weighted by molar-refractivity contribution is 0.0397. The second-order valence-electron chi connectivity index (χ2n) is 4.59. The molecule has 0 aliphatic heterocycles. The second-order valence-corrected chi connectivity index (χ2v) is 5.56. The first kappa shape index (κ1) is 15.1. The van der Waals surface area contributed by atoms with Crippen molar-refractivity contribution in [1.82, 2.24) is 4.98 Å². The van der Waals surface area contributed by atoms with Gasteiger partial charge in [-0.2, -0.15) is 0 Å². The molecule has 1 aromatic heterocycles. The van der Waals surface area contributed by atoms with Crippen molar-refractivity contribution in [3.63, 3.8) is 0 Å². The Bertz CT molecular complexity index is 508. The monoisotopic (exact) mass is 293 g/mol. The SMILES string of the molecule is Cc1nc(SCC(O)COCc2ccccc2)oc1C. The number of aliphatic hydroxyl groups excluding tert-OH is 1. The summed E-state index contributed by atoms with van der Waals surface area (Å²) in [5.41, 5.74) is 1.99. The van der Waals surface area contributed by atoms with Crippen LogP contribution in [0.5, 0.6) is 0 Å². The highest BCUT2D eigenvalue weighted by Gasteiger charge is 2.10. The molecule has 108 valence electrons. The summed E-state index contributed by atoms with van der Waals surface area (Å²) >= 11 is 1.40. The Morgan fingerprint density at radius 1 is 1.30 bits per heavy atom. The second kappa shape index (κ2) is 7.47. The third-order valence-corrected chi connectivity index (χ3v) is 3.80. The first-order chi connectivity index (χ1) is 9.65. The van der Waals surface area contributed by atoms with Gasteiger partial charge < -0.3 is 14.3 Å². The Morgan fingerprint density at radius 2 is 2.05 bits per heavy atom. The lowest BCUT2D eigenvalue weighted by atomic mass is 10.2. The largest absolute Gasteiger partial charge is 0.437 e. The fourth-order valence-electron chi connectivity index (χ4n) is 1.61. The number of rotatable bonds is 7. The lowest BCUT2D eigenvalue weighted by Gasteiger charge is -2.09. The summed E-state index contributed by atoms with van der Waals surface area (Å²) in [6.07, 6.45) is -0.531. The van der Waals surface area contributed by atoms with Crippen molar-refractivity contribution in [2.45, 2.75) is 31.8 Å². The molecule has 0 aliphatic rings. The van der Waals surface area contributed by atoms with Gasteiger partial charge in [0.1, 0.15) is 5.76 Å². The first-order valence-corrected chi connectivity index (χ1v) is 7.50. The van der Waals surface area contributed by atoms with E-state index in [-0.39, 0.29) is 0 Å². The average molecular weight is 293 g/mol. The van der Waals surface area contributed by atoms with E-state index in [0.29, 0.717) is 24.2 Å². The topological polar surface area (TPSA) is 55.5 Å². The molecule has 2 aromatic rings. The van der Waals surface area contributed by atoms with Crippen LogP contribution in [0.3, 0.4) is 0 Å². The molecule has 0 saturated heterocycles. The maximum absolute atomic E-state index is 9.85. The fraction of sp³-hybridized carbons (Fsp3) is 0.400. The summed E-state index contributed by atoms with van der Waals surface area (Å²) in [4.78, 5) is 4.25. The molecule has 0 aliphatic carbocycles. The minimum atomic E-state index is -0.531. The average Bonchev–Trinajstić information content (AvgIpc) is 2.77. The Kier molecular flexibility index (Phi) is 5.64. The van der Waals surface area contributed by atoms with E-state index in [1.165, 1.54) is 11.8 Å². The maximum atomic E-state index is 9.85. The van der Waals surface area contributed by atoms with E-state index in [1.54, 1.807) is 0 Å². The molecule has 1 unspecified atom stereocenters.